The van der Waals surface area contributed by atoms with Gasteiger partial charge in [0.2, 0.25) is 5.91 Å². The van der Waals surface area contributed by atoms with Crippen molar-refractivity contribution in [1.29, 1.82) is 0 Å². The highest BCUT2D eigenvalue weighted by Crippen LogP contribution is 2.15. The van der Waals surface area contributed by atoms with E-state index in [0.717, 1.165) is 17.0 Å². The second-order valence-electron chi connectivity index (χ2n) is 3.45. The minimum absolute atomic E-state index is 0.0924. The molecule has 0 radical (unpaired) electrons. The summed E-state index contributed by atoms with van der Waals surface area (Å²) in [5.74, 6) is 0.633. The van der Waals surface area contributed by atoms with Crippen LogP contribution in [0.4, 0.5) is 5.69 Å². The summed E-state index contributed by atoms with van der Waals surface area (Å²) < 4.78 is 5.43. The minimum atomic E-state index is -0.0924. The molecule has 0 aromatic heterocycles. The molecule has 0 spiro atoms. The molecule has 0 aliphatic heterocycles. The molecule has 4 nitrogen and oxygen atoms in total. The predicted molar refractivity (Wildman–Crippen MR) is 64.4 cm³/mol. The molecule has 1 aromatic rings. The van der Waals surface area contributed by atoms with Crippen LogP contribution in [0.15, 0.2) is 36.4 Å². The lowest BCUT2D eigenvalue weighted by Gasteiger charge is -2.08. The van der Waals surface area contributed by atoms with Crippen molar-refractivity contribution in [3.05, 3.63) is 36.4 Å². The number of nitrogens with two attached hydrogens (primary N) is 1. The first-order chi connectivity index (χ1) is 7.61. The number of ether oxygens (including phenoxy) is 1. The molecular formula is C12H16N2O2. The van der Waals surface area contributed by atoms with Crippen LogP contribution in [-0.4, -0.2) is 19.1 Å². The molecule has 1 rings (SSSR count). The minimum Gasteiger partial charge on any atom is -0.489 e. The van der Waals surface area contributed by atoms with Crippen LogP contribution in [0, 0.1) is 0 Å². The average molecular weight is 220 g/mol. The third-order valence-electron chi connectivity index (χ3n) is 1.91. The second kappa shape index (κ2) is 5.92. The van der Waals surface area contributed by atoms with E-state index >= 15 is 0 Å². The zero-order chi connectivity index (χ0) is 12.0. The number of rotatable bonds is 5. The Morgan fingerprint density at radius 2 is 2.06 bits per heavy atom. The Balaban J connectivity index is 2.51. The molecule has 0 aliphatic rings. The van der Waals surface area contributed by atoms with E-state index in [0.29, 0.717) is 13.2 Å². The van der Waals surface area contributed by atoms with Crippen LogP contribution >= 0.6 is 0 Å². The largest absolute Gasteiger partial charge is 0.489 e. The zero-order valence-electron chi connectivity index (χ0n) is 9.32. The van der Waals surface area contributed by atoms with Crippen molar-refractivity contribution < 1.29 is 9.53 Å². The first-order valence-corrected chi connectivity index (χ1v) is 4.99. The van der Waals surface area contributed by atoms with Gasteiger partial charge in [0.05, 0.1) is 0 Å². The highest BCUT2D eigenvalue weighted by atomic mass is 16.5. The standard InChI is InChI=1S/C12H16N2O2/c1-9(7-13)8-16-12-5-3-11(4-6-12)14-10(2)15/h3-6H,1,7-8,13H2,2H3,(H,14,15). The first-order valence-electron chi connectivity index (χ1n) is 4.99. The molecular weight excluding hydrogens is 204 g/mol. The monoisotopic (exact) mass is 220 g/mol. The van der Waals surface area contributed by atoms with Gasteiger partial charge in [-0.2, -0.15) is 0 Å². The van der Waals surface area contributed by atoms with Crippen LogP contribution < -0.4 is 15.8 Å². The summed E-state index contributed by atoms with van der Waals surface area (Å²) in [6.45, 7) is 6.04. The van der Waals surface area contributed by atoms with Gasteiger partial charge in [-0.25, -0.2) is 0 Å². The zero-order valence-corrected chi connectivity index (χ0v) is 9.32. The number of anilines is 1. The highest BCUT2D eigenvalue weighted by molar-refractivity contribution is 5.88. The molecule has 0 saturated carbocycles. The van der Waals surface area contributed by atoms with Gasteiger partial charge in [0.25, 0.3) is 0 Å². The Bertz CT molecular complexity index is 371. The summed E-state index contributed by atoms with van der Waals surface area (Å²) in [5.41, 5.74) is 6.97. The average Bonchev–Trinajstić information content (AvgIpc) is 2.27. The molecule has 0 atom stereocenters. The van der Waals surface area contributed by atoms with Crippen molar-refractivity contribution in [2.24, 2.45) is 5.73 Å². The Hall–Kier alpha value is -1.81. The molecule has 0 heterocycles. The molecule has 0 aliphatic carbocycles. The molecule has 1 amide bonds. The maximum atomic E-state index is 10.8. The Morgan fingerprint density at radius 1 is 1.44 bits per heavy atom. The summed E-state index contributed by atoms with van der Waals surface area (Å²) in [5, 5.41) is 2.68. The van der Waals surface area contributed by atoms with E-state index in [1.807, 2.05) is 0 Å². The lowest BCUT2D eigenvalue weighted by atomic mass is 10.3. The summed E-state index contributed by atoms with van der Waals surface area (Å²) in [4.78, 5) is 10.8. The summed E-state index contributed by atoms with van der Waals surface area (Å²) in [6, 6.07) is 7.13. The number of hydrogen-bond donors (Lipinski definition) is 2. The van der Waals surface area contributed by atoms with Crippen LogP contribution in [0.5, 0.6) is 5.75 Å². The maximum absolute atomic E-state index is 10.8. The van der Waals surface area contributed by atoms with Gasteiger partial charge in [-0.15, -0.1) is 0 Å². The van der Waals surface area contributed by atoms with Crippen molar-refractivity contribution in [3.8, 4) is 5.75 Å². The molecule has 0 bridgehead atoms. The van der Waals surface area contributed by atoms with Crippen molar-refractivity contribution in [2.75, 3.05) is 18.5 Å². The van der Waals surface area contributed by atoms with Crippen molar-refractivity contribution >= 4 is 11.6 Å². The predicted octanol–water partition coefficient (Wildman–Crippen LogP) is 1.54. The molecule has 0 unspecified atom stereocenters. The van der Waals surface area contributed by atoms with Gasteiger partial charge >= 0.3 is 0 Å². The number of amides is 1. The van der Waals surface area contributed by atoms with Crippen LogP contribution in [0.1, 0.15) is 6.92 Å². The number of benzene rings is 1. The van der Waals surface area contributed by atoms with E-state index in [1.165, 1.54) is 6.92 Å². The molecule has 86 valence electrons. The van der Waals surface area contributed by atoms with Crippen molar-refractivity contribution in [3.63, 3.8) is 0 Å². The maximum Gasteiger partial charge on any atom is 0.221 e. The fourth-order valence-corrected chi connectivity index (χ4v) is 1.08. The Morgan fingerprint density at radius 3 is 2.56 bits per heavy atom. The molecule has 0 fully saturated rings. The third-order valence-corrected chi connectivity index (χ3v) is 1.91. The van der Waals surface area contributed by atoms with Gasteiger partial charge in [-0.3, -0.25) is 4.79 Å². The first kappa shape index (κ1) is 12.3. The van der Waals surface area contributed by atoms with E-state index in [2.05, 4.69) is 11.9 Å². The van der Waals surface area contributed by atoms with E-state index in [1.54, 1.807) is 24.3 Å². The lowest BCUT2D eigenvalue weighted by Crippen LogP contribution is -2.10. The van der Waals surface area contributed by atoms with E-state index < -0.39 is 0 Å². The van der Waals surface area contributed by atoms with Crippen molar-refractivity contribution in [2.45, 2.75) is 6.92 Å². The topological polar surface area (TPSA) is 64.3 Å². The highest BCUT2D eigenvalue weighted by Gasteiger charge is 1.97. The second-order valence-corrected chi connectivity index (χ2v) is 3.45. The number of nitrogens with one attached hydrogen (secondary N) is 1. The normalized spacial score (nSPS) is 9.62. The van der Waals surface area contributed by atoms with Gasteiger partial charge in [-0.1, -0.05) is 6.58 Å². The third kappa shape index (κ3) is 4.14. The molecule has 4 heteroatoms. The van der Waals surface area contributed by atoms with Crippen LogP contribution in [-0.2, 0) is 4.79 Å². The SMILES string of the molecule is C=C(CN)COc1ccc(NC(C)=O)cc1. The lowest BCUT2D eigenvalue weighted by molar-refractivity contribution is -0.114. The van der Waals surface area contributed by atoms with E-state index in [9.17, 15) is 4.79 Å². The summed E-state index contributed by atoms with van der Waals surface area (Å²) >= 11 is 0. The van der Waals surface area contributed by atoms with Crippen molar-refractivity contribution in [1.82, 2.24) is 0 Å². The van der Waals surface area contributed by atoms with Gasteiger partial charge in [0.15, 0.2) is 0 Å². The fraction of sp³-hybridized carbons (Fsp3) is 0.250. The van der Waals surface area contributed by atoms with Gasteiger partial charge in [0.1, 0.15) is 12.4 Å². The molecule has 16 heavy (non-hydrogen) atoms. The molecule has 3 N–H and O–H groups in total. The van der Waals surface area contributed by atoms with Gasteiger partial charge in [-0.05, 0) is 29.8 Å². The smallest absolute Gasteiger partial charge is 0.221 e. The van der Waals surface area contributed by atoms with Crippen LogP contribution in [0.25, 0.3) is 0 Å². The van der Waals surface area contributed by atoms with Gasteiger partial charge in [0, 0.05) is 19.2 Å². The molecule has 1 aromatic carbocycles. The van der Waals surface area contributed by atoms with E-state index in [-0.39, 0.29) is 5.91 Å². The number of hydrogen-bond acceptors (Lipinski definition) is 3. The summed E-state index contributed by atoms with van der Waals surface area (Å²) in [6.07, 6.45) is 0. The Kier molecular flexibility index (Phi) is 4.54. The van der Waals surface area contributed by atoms with Crippen LogP contribution in [0.2, 0.25) is 0 Å². The Labute approximate surface area is 95.1 Å². The number of carbonyl (C=O) groups excluding carboxylic acids is 1. The fourth-order valence-electron chi connectivity index (χ4n) is 1.08. The van der Waals surface area contributed by atoms with E-state index in [4.69, 9.17) is 10.5 Å². The number of carbonyl (C=O) groups is 1. The molecule has 0 saturated heterocycles. The van der Waals surface area contributed by atoms with Crippen LogP contribution in [0.3, 0.4) is 0 Å². The summed E-state index contributed by atoms with van der Waals surface area (Å²) in [7, 11) is 0. The van der Waals surface area contributed by atoms with Gasteiger partial charge < -0.3 is 15.8 Å². The quantitative estimate of drug-likeness (QED) is 0.740.